The molecular weight excluding hydrogens is 200 g/mol. The van der Waals surface area contributed by atoms with Gasteiger partial charge in [0.05, 0.1) is 18.6 Å². The molecule has 3 aliphatic rings. The first-order valence-electron chi connectivity index (χ1n) is 4.61. The predicted octanol–water partition coefficient (Wildman–Crippen LogP) is 0.273. The van der Waals surface area contributed by atoms with E-state index in [4.69, 9.17) is 9.47 Å². The minimum absolute atomic E-state index is 0.0932. The SMILES string of the molecule is COC(=O)C1=C2C(=O)OC3=C2O[C@H]1C3C. The van der Waals surface area contributed by atoms with Crippen LogP contribution in [0.5, 0.6) is 0 Å². The number of carbonyl (C=O) groups excluding carboxylic acids is 2. The van der Waals surface area contributed by atoms with Crippen molar-refractivity contribution in [2.45, 2.75) is 13.0 Å². The summed E-state index contributed by atoms with van der Waals surface area (Å²) < 4.78 is 15.1. The maximum Gasteiger partial charge on any atom is 0.347 e. The highest BCUT2D eigenvalue weighted by Gasteiger charge is 2.56. The smallest absolute Gasteiger partial charge is 0.347 e. The lowest BCUT2D eigenvalue weighted by Crippen LogP contribution is -2.23. The second-order valence-electron chi connectivity index (χ2n) is 3.69. The summed E-state index contributed by atoms with van der Waals surface area (Å²) in [5.74, 6) is -0.142. The van der Waals surface area contributed by atoms with Gasteiger partial charge in [-0.3, -0.25) is 0 Å². The molecule has 3 aliphatic heterocycles. The highest BCUT2D eigenvalue weighted by molar-refractivity contribution is 6.08. The fraction of sp³-hybridized carbons (Fsp3) is 0.400. The maximum atomic E-state index is 11.5. The zero-order chi connectivity index (χ0) is 10.7. The summed E-state index contributed by atoms with van der Waals surface area (Å²) in [5, 5.41) is 0. The van der Waals surface area contributed by atoms with Gasteiger partial charge in [-0.1, -0.05) is 6.92 Å². The largest absolute Gasteiger partial charge is 0.480 e. The van der Waals surface area contributed by atoms with Gasteiger partial charge < -0.3 is 14.2 Å². The second-order valence-corrected chi connectivity index (χ2v) is 3.69. The maximum absolute atomic E-state index is 11.5. The van der Waals surface area contributed by atoms with Crippen LogP contribution in [0.3, 0.4) is 0 Å². The lowest BCUT2D eigenvalue weighted by atomic mass is 9.90. The molecule has 3 heterocycles. The van der Waals surface area contributed by atoms with Gasteiger partial charge in [0.2, 0.25) is 0 Å². The Balaban J connectivity index is 2.19. The van der Waals surface area contributed by atoms with Crippen LogP contribution >= 0.6 is 0 Å². The molecule has 0 aliphatic carbocycles. The van der Waals surface area contributed by atoms with Crippen LogP contribution in [0.2, 0.25) is 0 Å². The standard InChI is InChI=1S/C10H8O5/c1-3-6-4(9(11)13-2)5-8(14-6)7(3)15-10(5)12/h3,6H,1-2H3/t3?,6-/m0/s1. The molecule has 5 heteroatoms. The van der Waals surface area contributed by atoms with Gasteiger partial charge >= 0.3 is 11.9 Å². The van der Waals surface area contributed by atoms with Crippen molar-refractivity contribution in [3.05, 3.63) is 22.7 Å². The number of rotatable bonds is 1. The normalized spacial score (nSPS) is 30.9. The Labute approximate surface area is 85.3 Å². The van der Waals surface area contributed by atoms with Crippen molar-refractivity contribution in [2.24, 2.45) is 5.92 Å². The molecule has 0 aromatic carbocycles. The van der Waals surface area contributed by atoms with Crippen LogP contribution in [0.4, 0.5) is 0 Å². The fourth-order valence-corrected chi connectivity index (χ4v) is 2.21. The summed E-state index contributed by atoms with van der Waals surface area (Å²) in [7, 11) is 1.28. The zero-order valence-corrected chi connectivity index (χ0v) is 8.20. The molecule has 0 amide bonds. The van der Waals surface area contributed by atoms with Crippen LogP contribution < -0.4 is 0 Å². The Morgan fingerprint density at radius 2 is 2.20 bits per heavy atom. The molecule has 0 aromatic rings. The number of methoxy groups -OCH3 is 1. The number of hydrogen-bond donors (Lipinski definition) is 0. The molecule has 2 atom stereocenters. The van der Waals surface area contributed by atoms with Crippen molar-refractivity contribution < 1.29 is 23.8 Å². The van der Waals surface area contributed by atoms with Crippen LogP contribution in [-0.2, 0) is 23.8 Å². The van der Waals surface area contributed by atoms with Crippen molar-refractivity contribution in [2.75, 3.05) is 7.11 Å². The third-order valence-electron chi connectivity index (χ3n) is 2.93. The lowest BCUT2D eigenvalue weighted by Gasteiger charge is -2.13. The average molecular weight is 208 g/mol. The molecule has 0 spiro atoms. The van der Waals surface area contributed by atoms with E-state index >= 15 is 0 Å². The Hall–Kier alpha value is -1.78. The van der Waals surface area contributed by atoms with Gasteiger partial charge in [0.25, 0.3) is 0 Å². The van der Waals surface area contributed by atoms with E-state index in [-0.39, 0.29) is 11.5 Å². The van der Waals surface area contributed by atoms with Crippen LogP contribution in [-0.4, -0.2) is 25.2 Å². The van der Waals surface area contributed by atoms with Gasteiger partial charge in [-0.05, 0) is 0 Å². The van der Waals surface area contributed by atoms with Gasteiger partial charge in [-0.2, -0.15) is 0 Å². The fourth-order valence-electron chi connectivity index (χ4n) is 2.21. The summed E-state index contributed by atoms with van der Waals surface area (Å²) in [6.45, 7) is 1.85. The van der Waals surface area contributed by atoms with E-state index in [2.05, 4.69) is 4.74 Å². The highest BCUT2D eigenvalue weighted by Crippen LogP contribution is 2.51. The summed E-state index contributed by atoms with van der Waals surface area (Å²) in [6.07, 6.45) is -0.413. The first kappa shape index (κ1) is 8.52. The third kappa shape index (κ3) is 0.789. The van der Waals surface area contributed by atoms with E-state index in [1.165, 1.54) is 7.11 Å². The summed E-state index contributed by atoms with van der Waals surface area (Å²) in [6, 6.07) is 0. The molecule has 3 rings (SSSR count). The molecule has 0 fully saturated rings. The van der Waals surface area contributed by atoms with Crippen molar-refractivity contribution in [1.29, 1.82) is 0 Å². The van der Waals surface area contributed by atoms with Crippen molar-refractivity contribution in [1.82, 2.24) is 0 Å². The van der Waals surface area contributed by atoms with Gasteiger partial charge in [0, 0.05) is 0 Å². The first-order chi connectivity index (χ1) is 7.15. The number of carbonyl (C=O) groups is 2. The van der Waals surface area contributed by atoms with Gasteiger partial charge in [0.1, 0.15) is 11.7 Å². The number of fused-ring (bicyclic) bond motifs is 1. The van der Waals surface area contributed by atoms with Gasteiger partial charge in [0.15, 0.2) is 11.5 Å². The molecule has 5 nitrogen and oxygen atoms in total. The summed E-state index contributed by atoms with van der Waals surface area (Å²) in [4.78, 5) is 23.0. The topological polar surface area (TPSA) is 61.8 Å². The van der Waals surface area contributed by atoms with Crippen LogP contribution in [0.15, 0.2) is 22.7 Å². The molecule has 15 heavy (non-hydrogen) atoms. The summed E-state index contributed by atoms with van der Waals surface area (Å²) >= 11 is 0. The minimum Gasteiger partial charge on any atom is -0.480 e. The Bertz CT molecular complexity index is 456. The summed E-state index contributed by atoms with van der Waals surface area (Å²) in [5.41, 5.74) is 0.547. The molecular formula is C10H8O5. The zero-order valence-electron chi connectivity index (χ0n) is 8.20. The molecule has 2 bridgehead atoms. The van der Waals surface area contributed by atoms with E-state index in [9.17, 15) is 9.59 Å². The quantitative estimate of drug-likeness (QED) is 0.579. The monoisotopic (exact) mass is 208 g/mol. The number of hydrogen-bond acceptors (Lipinski definition) is 5. The molecule has 0 radical (unpaired) electrons. The predicted molar refractivity (Wildman–Crippen MR) is 46.2 cm³/mol. The third-order valence-corrected chi connectivity index (χ3v) is 2.93. The van der Waals surface area contributed by atoms with Crippen molar-refractivity contribution >= 4 is 11.9 Å². The van der Waals surface area contributed by atoms with E-state index in [1.807, 2.05) is 6.92 Å². The minimum atomic E-state index is -0.519. The molecule has 0 saturated heterocycles. The molecule has 0 saturated carbocycles. The average Bonchev–Trinajstić information content (AvgIpc) is 2.80. The first-order valence-corrected chi connectivity index (χ1v) is 4.61. The lowest BCUT2D eigenvalue weighted by molar-refractivity contribution is -0.137. The van der Waals surface area contributed by atoms with Crippen molar-refractivity contribution in [3.63, 3.8) is 0 Å². The Kier molecular flexibility index (Phi) is 1.37. The molecule has 78 valence electrons. The van der Waals surface area contributed by atoms with E-state index in [1.54, 1.807) is 0 Å². The van der Waals surface area contributed by atoms with Crippen molar-refractivity contribution in [3.8, 4) is 0 Å². The van der Waals surface area contributed by atoms with E-state index < -0.39 is 18.0 Å². The highest BCUT2D eigenvalue weighted by atomic mass is 16.6. The van der Waals surface area contributed by atoms with Crippen LogP contribution in [0.25, 0.3) is 0 Å². The van der Waals surface area contributed by atoms with Gasteiger partial charge in [-0.15, -0.1) is 0 Å². The van der Waals surface area contributed by atoms with Crippen LogP contribution in [0, 0.1) is 5.92 Å². The molecule has 0 aromatic heterocycles. The number of esters is 2. The number of ether oxygens (including phenoxy) is 3. The van der Waals surface area contributed by atoms with Crippen LogP contribution in [0.1, 0.15) is 6.92 Å². The Morgan fingerprint density at radius 3 is 2.87 bits per heavy atom. The van der Waals surface area contributed by atoms with Gasteiger partial charge in [-0.25, -0.2) is 9.59 Å². The Morgan fingerprint density at radius 1 is 1.47 bits per heavy atom. The molecule has 1 unspecified atom stereocenters. The van der Waals surface area contributed by atoms with E-state index in [0.717, 1.165) is 0 Å². The molecule has 0 N–H and O–H groups in total. The second kappa shape index (κ2) is 2.42. The van der Waals surface area contributed by atoms with E-state index in [0.29, 0.717) is 17.1 Å².